The third-order valence-corrected chi connectivity index (χ3v) is 2.44. The quantitative estimate of drug-likeness (QED) is 0.746. The number of rotatable bonds is 2. The minimum atomic E-state index is 0.0369. The molecule has 0 saturated carbocycles. The van der Waals surface area contributed by atoms with E-state index in [1.54, 1.807) is 4.90 Å². The van der Waals surface area contributed by atoms with Gasteiger partial charge >= 0.3 is 0 Å². The lowest BCUT2D eigenvalue weighted by atomic mass is 9.91. The van der Waals surface area contributed by atoms with Gasteiger partial charge in [-0.25, -0.2) is 0 Å². The number of anilines is 1. The molecule has 1 rings (SSSR count). The van der Waals surface area contributed by atoms with Crippen molar-refractivity contribution in [1.82, 2.24) is 0 Å². The zero-order valence-electron chi connectivity index (χ0n) is 10.9. The molecule has 2 heteroatoms. The van der Waals surface area contributed by atoms with Gasteiger partial charge in [-0.15, -0.1) is 0 Å². The highest BCUT2D eigenvalue weighted by molar-refractivity contribution is 5.93. The van der Waals surface area contributed by atoms with Crippen LogP contribution in [0.2, 0.25) is 0 Å². The Morgan fingerprint density at radius 2 is 1.94 bits per heavy atom. The summed E-state index contributed by atoms with van der Waals surface area (Å²) < 4.78 is 0. The topological polar surface area (TPSA) is 20.3 Å². The molecule has 2 nitrogen and oxygen atoms in total. The molecule has 0 atom stereocenters. The lowest BCUT2D eigenvalue weighted by Crippen LogP contribution is -2.29. The van der Waals surface area contributed by atoms with Crippen LogP contribution in [-0.4, -0.2) is 13.0 Å². The van der Waals surface area contributed by atoms with Crippen molar-refractivity contribution in [1.29, 1.82) is 0 Å². The molecule has 16 heavy (non-hydrogen) atoms. The van der Waals surface area contributed by atoms with E-state index < -0.39 is 0 Å². The first-order chi connectivity index (χ1) is 7.29. The molecule has 0 radical (unpaired) electrons. The maximum atomic E-state index is 12.0. The van der Waals surface area contributed by atoms with Crippen LogP contribution in [0.1, 0.15) is 32.8 Å². The van der Waals surface area contributed by atoms with Gasteiger partial charge in [0.05, 0.1) is 0 Å². The molecule has 1 aromatic carbocycles. The summed E-state index contributed by atoms with van der Waals surface area (Å²) in [5.74, 6) is 0.165. The van der Waals surface area contributed by atoms with Crippen LogP contribution in [0, 0.1) is 12.3 Å². The molecule has 0 aromatic heterocycles. The minimum Gasteiger partial charge on any atom is -0.315 e. The maximum absolute atomic E-state index is 12.0. The molecule has 88 valence electrons. The molecule has 0 unspecified atom stereocenters. The van der Waals surface area contributed by atoms with Crippen LogP contribution in [0.15, 0.2) is 24.3 Å². The van der Waals surface area contributed by atoms with Gasteiger partial charge in [-0.05, 0) is 30.0 Å². The predicted octanol–water partition coefficient (Wildman–Crippen LogP) is 3.39. The molecule has 0 bridgehead atoms. The fourth-order valence-corrected chi connectivity index (χ4v) is 1.55. The number of hydrogen-bond acceptors (Lipinski definition) is 1. The zero-order valence-corrected chi connectivity index (χ0v) is 10.9. The molecular formula is C14H21NO. The predicted molar refractivity (Wildman–Crippen MR) is 68.7 cm³/mol. The van der Waals surface area contributed by atoms with Crippen molar-refractivity contribution in [3.05, 3.63) is 29.8 Å². The summed E-state index contributed by atoms with van der Waals surface area (Å²) in [4.78, 5) is 13.7. The Labute approximate surface area is 98.3 Å². The van der Waals surface area contributed by atoms with Crippen LogP contribution in [0.25, 0.3) is 0 Å². The highest BCUT2D eigenvalue weighted by atomic mass is 16.2. The van der Waals surface area contributed by atoms with Crippen LogP contribution in [0.4, 0.5) is 5.69 Å². The number of hydrogen-bond donors (Lipinski definition) is 0. The van der Waals surface area contributed by atoms with E-state index in [4.69, 9.17) is 0 Å². The van der Waals surface area contributed by atoms with E-state index in [1.165, 1.54) is 5.56 Å². The molecular weight excluding hydrogens is 198 g/mol. The molecule has 0 N–H and O–H groups in total. The summed E-state index contributed by atoms with van der Waals surface area (Å²) in [6, 6.07) is 8.01. The van der Waals surface area contributed by atoms with E-state index in [0.717, 1.165) is 5.69 Å². The maximum Gasteiger partial charge on any atom is 0.227 e. The van der Waals surface area contributed by atoms with Gasteiger partial charge in [-0.2, -0.15) is 0 Å². The van der Waals surface area contributed by atoms with E-state index >= 15 is 0 Å². The number of aryl methyl sites for hydroxylation is 1. The van der Waals surface area contributed by atoms with Crippen molar-refractivity contribution < 1.29 is 4.79 Å². The smallest absolute Gasteiger partial charge is 0.227 e. The van der Waals surface area contributed by atoms with Gasteiger partial charge in [0.2, 0.25) is 5.91 Å². The molecule has 0 spiro atoms. The molecule has 1 amide bonds. The largest absolute Gasteiger partial charge is 0.315 e. The van der Waals surface area contributed by atoms with Crippen LogP contribution in [0.5, 0.6) is 0 Å². The Morgan fingerprint density at radius 3 is 2.44 bits per heavy atom. The molecule has 0 aliphatic rings. The van der Waals surface area contributed by atoms with Crippen molar-refractivity contribution in [2.45, 2.75) is 34.1 Å². The van der Waals surface area contributed by atoms with E-state index in [1.807, 2.05) is 38.2 Å². The van der Waals surface area contributed by atoms with Crippen molar-refractivity contribution >= 4 is 11.6 Å². The molecule has 0 heterocycles. The Morgan fingerprint density at radius 1 is 1.31 bits per heavy atom. The Bertz CT molecular complexity index is 377. The average molecular weight is 219 g/mol. The fraction of sp³-hybridized carbons (Fsp3) is 0.500. The fourth-order valence-electron chi connectivity index (χ4n) is 1.55. The van der Waals surface area contributed by atoms with Gasteiger partial charge in [0.25, 0.3) is 0 Å². The van der Waals surface area contributed by atoms with Gasteiger partial charge in [0.1, 0.15) is 0 Å². The third-order valence-electron chi connectivity index (χ3n) is 2.44. The van der Waals surface area contributed by atoms with E-state index in [-0.39, 0.29) is 11.3 Å². The van der Waals surface area contributed by atoms with Crippen LogP contribution < -0.4 is 4.90 Å². The van der Waals surface area contributed by atoms with Gasteiger partial charge in [0.15, 0.2) is 0 Å². The average Bonchev–Trinajstić information content (AvgIpc) is 2.14. The van der Waals surface area contributed by atoms with Gasteiger partial charge in [-0.1, -0.05) is 32.9 Å². The second-order valence-corrected chi connectivity index (χ2v) is 5.53. The van der Waals surface area contributed by atoms with Crippen LogP contribution >= 0.6 is 0 Å². The molecule has 0 saturated heterocycles. The number of nitrogens with zero attached hydrogens (tertiary/aromatic N) is 1. The summed E-state index contributed by atoms with van der Waals surface area (Å²) in [6.07, 6.45) is 0.567. The second kappa shape index (κ2) is 4.69. The van der Waals surface area contributed by atoms with Crippen molar-refractivity contribution in [3.8, 4) is 0 Å². The lowest BCUT2D eigenvalue weighted by Gasteiger charge is -2.23. The summed E-state index contributed by atoms with van der Waals surface area (Å²) >= 11 is 0. The van der Waals surface area contributed by atoms with Crippen LogP contribution in [0.3, 0.4) is 0 Å². The highest BCUT2D eigenvalue weighted by Gasteiger charge is 2.19. The molecule has 1 aromatic rings. The highest BCUT2D eigenvalue weighted by Crippen LogP contribution is 2.22. The molecule has 0 aliphatic heterocycles. The van der Waals surface area contributed by atoms with E-state index in [2.05, 4.69) is 20.8 Å². The Hall–Kier alpha value is -1.31. The zero-order chi connectivity index (χ0) is 12.3. The molecule has 0 fully saturated rings. The first-order valence-corrected chi connectivity index (χ1v) is 5.63. The normalized spacial score (nSPS) is 11.3. The first kappa shape index (κ1) is 12.8. The van der Waals surface area contributed by atoms with Gasteiger partial charge < -0.3 is 4.90 Å². The SMILES string of the molecule is Cc1cccc(N(C)C(=O)CC(C)(C)C)c1. The third kappa shape index (κ3) is 3.69. The second-order valence-electron chi connectivity index (χ2n) is 5.53. The lowest BCUT2D eigenvalue weighted by molar-refractivity contribution is -0.120. The summed E-state index contributed by atoms with van der Waals surface area (Å²) in [7, 11) is 1.84. The number of amides is 1. The standard InChI is InChI=1S/C14H21NO/c1-11-7-6-8-12(9-11)15(5)13(16)10-14(2,3)4/h6-9H,10H2,1-5H3. The Balaban J connectivity index is 2.78. The minimum absolute atomic E-state index is 0.0369. The van der Waals surface area contributed by atoms with Crippen molar-refractivity contribution in [2.24, 2.45) is 5.41 Å². The number of carbonyl (C=O) groups excluding carboxylic acids is 1. The van der Waals surface area contributed by atoms with Crippen molar-refractivity contribution in [2.75, 3.05) is 11.9 Å². The monoisotopic (exact) mass is 219 g/mol. The van der Waals surface area contributed by atoms with Crippen molar-refractivity contribution in [3.63, 3.8) is 0 Å². The first-order valence-electron chi connectivity index (χ1n) is 5.63. The Kier molecular flexibility index (Phi) is 3.74. The van der Waals surface area contributed by atoms with E-state index in [9.17, 15) is 4.79 Å². The summed E-state index contributed by atoms with van der Waals surface area (Å²) in [5, 5.41) is 0. The van der Waals surface area contributed by atoms with Gasteiger partial charge in [-0.3, -0.25) is 4.79 Å². The summed E-state index contributed by atoms with van der Waals surface area (Å²) in [6.45, 7) is 8.27. The van der Waals surface area contributed by atoms with Crippen LogP contribution in [-0.2, 0) is 4.79 Å². The molecule has 0 aliphatic carbocycles. The summed E-state index contributed by atoms with van der Waals surface area (Å²) in [5.41, 5.74) is 2.18. The number of carbonyl (C=O) groups is 1. The number of benzene rings is 1. The van der Waals surface area contributed by atoms with E-state index in [0.29, 0.717) is 6.42 Å². The van der Waals surface area contributed by atoms with Gasteiger partial charge in [0, 0.05) is 19.2 Å².